The zero-order valence-corrected chi connectivity index (χ0v) is 15.9. The van der Waals surface area contributed by atoms with Gasteiger partial charge in [0.15, 0.2) is 0 Å². The van der Waals surface area contributed by atoms with Crippen molar-refractivity contribution in [3.05, 3.63) is 29.8 Å². The SMILES string of the molecule is CC(=O)N[C@@H](Cc1ccc(O[Si](C)(C)C(C)(C)C)cc1)C(N)=O. The number of hydrogen-bond donors (Lipinski definition) is 2. The van der Waals surface area contributed by atoms with Crippen LogP contribution in [0.2, 0.25) is 18.1 Å². The summed E-state index contributed by atoms with van der Waals surface area (Å²) in [6.45, 7) is 12.3. The lowest BCUT2D eigenvalue weighted by Crippen LogP contribution is -2.45. The van der Waals surface area contributed by atoms with E-state index in [1.807, 2.05) is 24.3 Å². The lowest BCUT2D eigenvalue weighted by atomic mass is 10.1. The van der Waals surface area contributed by atoms with Crippen LogP contribution in [0, 0.1) is 0 Å². The van der Waals surface area contributed by atoms with Crippen molar-refractivity contribution in [2.24, 2.45) is 5.73 Å². The third-order valence-corrected chi connectivity index (χ3v) is 8.62. The quantitative estimate of drug-likeness (QED) is 0.784. The topological polar surface area (TPSA) is 81.4 Å². The van der Waals surface area contributed by atoms with Crippen molar-refractivity contribution >= 4 is 20.1 Å². The van der Waals surface area contributed by atoms with Gasteiger partial charge in [0.05, 0.1) is 0 Å². The summed E-state index contributed by atoms with van der Waals surface area (Å²) in [5, 5.41) is 2.70. The van der Waals surface area contributed by atoms with Gasteiger partial charge in [-0.15, -0.1) is 0 Å². The molecule has 1 aromatic carbocycles. The number of amides is 2. The molecule has 0 aromatic heterocycles. The van der Waals surface area contributed by atoms with Crippen molar-refractivity contribution in [2.45, 2.75) is 58.3 Å². The van der Waals surface area contributed by atoms with Gasteiger partial charge in [-0.25, -0.2) is 0 Å². The molecule has 0 aliphatic heterocycles. The number of benzene rings is 1. The minimum Gasteiger partial charge on any atom is -0.544 e. The van der Waals surface area contributed by atoms with E-state index in [1.165, 1.54) is 6.92 Å². The maximum Gasteiger partial charge on any atom is 0.250 e. The fraction of sp³-hybridized carbons (Fsp3) is 0.529. The zero-order valence-electron chi connectivity index (χ0n) is 14.9. The van der Waals surface area contributed by atoms with Crippen LogP contribution < -0.4 is 15.5 Å². The molecule has 1 atom stereocenters. The second-order valence-electron chi connectivity index (χ2n) is 7.37. The van der Waals surface area contributed by atoms with Gasteiger partial charge in [-0.05, 0) is 35.8 Å². The lowest BCUT2D eigenvalue weighted by Gasteiger charge is -2.36. The normalized spacial score (nSPS) is 13.3. The van der Waals surface area contributed by atoms with E-state index in [0.29, 0.717) is 6.42 Å². The average molecular weight is 337 g/mol. The van der Waals surface area contributed by atoms with E-state index in [2.05, 4.69) is 39.2 Å². The minimum atomic E-state index is -1.87. The molecule has 3 N–H and O–H groups in total. The number of nitrogens with one attached hydrogen (secondary N) is 1. The molecule has 0 unspecified atom stereocenters. The predicted molar refractivity (Wildman–Crippen MR) is 94.8 cm³/mol. The highest BCUT2D eigenvalue weighted by atomic mass is 28.4. The molecule has 0 bridgehead atoms. The zero-order chi connectivity index (χ0) is 17.8. The fourth-order valence-corrected chi connectivity index (χ4v) is 2.88. The first-order chi connectivity index (χ1) is 10.4. The Labute approximate surface area is 139 Å². The van der Waals surface area contributed by atoms with Gasteiger partial charge in [0.2, 0.25) is 20.1 Å². The van der Waals surface area contributed by atoms with Crippen molar-refractivity contribution in [2.75, 3.05) is 0 Å². The Kier molecular flexibility index (Phi) is 5.99. The third kappa shape index (κ3) is 5.71. The summed E-state index contributed by atoms with van der Waals surface area (Å²) in [6.07, 6.45) is 0.370. The maximum atomic E-state index is 11.4. The van der Waals surface area contributed by atoms with Crippen LogP contribution in [0.15, 0.2) is 24.3 Å². The highest BCUT2D eigenvalue weighted by Gasteiger charge is 2.38. The van der Waals surface area contributed by atoms with E-state index < -0.39 is 20.3 Å². The van der Waals surface area contributed by atoms with Gasteiger partial charge < -0.3 is 15.5 Å². The summed E-state index contributed by atoms with van der Waals surface area (Å²) in [7, 11) is -1.87. The monoisotopic (exact) mass is 336 g/mol. The fourth-order valence-electron chi connectivity index (χ4n) is 1.85. The smallest absolute Gasteiger partial charge is 0.250 e. The molecule has 0 heterocycles. The number of carbonyl (C=O) groups is 2. The molecule has 128 valence electrons. The molecule has 0 radical (unpaired) electrons. The van der Waals surface area contributed by atoms with Gasteiger partial charge in [0.25, 0.3) is 0 Å². The average Bonchev–Trinajstić information content (AvgIpc) is 2.37. The highest BCUT2D eigenvalue weighted by molar-refractivity contribution is 6.74. The Hall–Kier alpha value is -1.82. The first kappa shape index (κ1) is 19.2. The van der Waals surface area contributed by atoms with Crippen LogP contribution in [-0.4, -0.2) is 26.2 Å². The van der Waals surface area contributed by atoms with Gasteiger partial charge in [-0.1, -0.05) is 32.9 Å². The van der Waals surface area contributed by atoms with E-state index in [9.17, 15) is 9.59 Å². The molecular weight excluding hydrogens is 308 g/mol. The Balaban J connectivity index is 2.80. The molecule has 23 heavy (non-hydrogen) atoms. The molecular formula is C17H28N2O3Si. The Bertz CT molecular complexity index is 562. The Morgan fingerprint density at radius 3 is 2.13 bits per heavy atom. The molecule has 0 aliphatic carbocycles. The predicted octanol–water partition coefficient (Wildman–Crippen LogP) is 2.60. The summed E-state index contributed by atoms with van der Waals surface area (Å²) in [4.78, 5) is 22.5. The van der Waals surface area contributed by atoms with Crippen LogP contribution in [-0.2, 0) is 16.0 Å². The Morgan fingerprint density at radius 2 is 1.74 bits per heavy atom. The number of nitrogens with two attached hydrogens (primary N) is 1. The standard InChI is InChI=1S/C17H28N2O3Si/c1-12(20)19-15(16(18)21)11-13-7-9-14(10-8-13)22-23(5,6)17(2,3)4/h7-10,15H,11H2,1-6H3,(H2,18,21)(H,19,20)/t15-/m0/s1. The van der Waals surface area contributed by atoms with Crippen LogP contribution in [0.4, 0.5) is 0 Å². The van der Waals surface area contributed by atoms with E-state index in [0.717, 1.165) is 11.3 Å². The number of primary amides is 1. The summed E-state index contributed by atoms with van der Waals surface area (Å²) in [5.74, 6) is 0.0176. The molecule has 0 fully saturated rings. The number of rotatable bonds is 6. The van der Waals surface area contributed by atoms with Gasteiger partial charge in [0, 0.05) is 13.3 Å². The summed E-state index contributed by atoms with van der Waals surface area (Å²) in [6, 6.07) is 6.92. The van der Waals surface area contributed by atoms with Gasteiger partial charge >= 0.3 is 0 Å². The third-order valence-electron chi connectivity index (χ3n) is 4.26. The van der Waals surface area contributed by atoms with Crippen LogP contribution in [0.3, 0.4) is 0 Å². The van der Waals surface area contributed by atoms with E-state index in [1.54, 1.807) is 0 Å². The second-order valence-corrected chi connectivity index (χ2v) is 12.1. The second kappa shape index (κ2) is 7.17. The summed E-state index contributed by atoms with van der Waals surface area (Å²) < 4.78 is 6.22. The van der Waals surface area contributed by atoms with Crippen molar-refractivity contribution in [3.63, 3.8) is 0 Å². The number of hydrogen-bond acceptors (Lipinski definition) is 3. The Morgan fingerprint density at radius 1 is 1.22 bits per heavy atom. The van der Waals surface area contributed by atoms with Crippen LogP contribution >= 0.6 is 0 Å². The van der Waals surface area contributed by atoms with Crippen LogP contribution in [0.5, 0.6) is 5.75 Å². The van der Waals surface area contributed by atoms with Gasteiger partial charge in [-0.2, -0.15) is 0 Å². The van der Waals surface area contributed by atoms with E-state index in [4.69, 9.17) is 10.2 Å². The molecule has 0 saturated carbocycles. The molecule has 1 rings (SSSR count). The van der Waals surface area contributed by atoms with Crippen molar-refractivity contribution in [1.82, 2.24) is 5.32 Å². The van der Waals surface area contributed by atoms with E-state index in [-0.39, 0.29) is 10.9 Å². The summed E-state index contributed by atoms with van der Waals surface area (Å²) in [5.41, 5.74) is 6.24. The number of carbonyl (C=O) groups excluding carboxylic acids is 2. The highest BCUT2D eigenvalue weighted by Crippen LogP contribution is 2.37. The van der Waals surface area contributed by atoms with Crippen molar-refractivity contribution < 1.29 is 14.0 Å². The van der Waals surface area contributed by atoms with Crippen LogP contribution in [0.25, 0.3) is 0 Å². The largest absolute Gasteiger partial charge is 0.544 e. The minimum absolute atomic E-state index is 0.133. The van der Waals surface area contributed by atoms with Crippen molar-refractivity contribution in [3.8, 4) is 5.75 Å². The van der Waals surface area contributed by atoms with Crippen molar-refractivity contribution in [1.29, 1.82) is 0 Å². The molecule has 1 aromatic rings. The molecule has 0 spiro atoms. The molecule has 0 saturated heterocycles. The van der Waals surface area contributed by atoms with E-state index >= 15 is 0 Å². The van der Waals surface area contributed by atoms with Crippen LogP contribution in [0.1, 0.15) is 33.3 Å². The van der Waals surface area contributed by atoms with Gasteiger partial charge in [-0.3, -0.25) is 9.59 Å². The van der Waals surface area contributed by atoms with Gasteiger partial charge in [0.1, 0.15) is 11.8 Å². The molecule has 5 nitrogen and oxygen atoms in total. The molecule has 2 amide bonds. The lowest BCUT2D eigenvalue weighted by molar-refractivity contribution is -0.126. The first-order valence-corrected chi connectivity index (χ1v) is 10.7. The summed E-state index contributed by atoms with van der Waals surface area (Å²) >= 11 is 0. The molecule has 6 heteroatoms. The molecule has 0 aliphatic rings. The first-order valence-electron chi connectivity index (χ1n) is 7.77. The maximum absolute atomic E-state index is 11.4.